The maximum Gasteiger partial charge on any atom is 0.278 e. The molecule has 0 atom stereocenters. The molecule has 2 amide bonds. The van der Waals surface area contributed by atoms with Crippen molar-refractivity contribution in [3.8, 4) is 11.3 Å². The average molecular weight is 369 g/mol. The van der Waals surface area contributed by atoms with Crippen molar-refractivity contribution in [3.63, 3.8) is 0 Å². The Morgan fingerprint density at radius 1 is 1.07 bits per heavy atom. The number of hydrogen-bond donors (Lipinski definition) is 2. The maximum absolute atomic E-state index is 13.8. The second kappa shape index (κ2) is 7.61. The summed E-state index contributed by atoms with van der Waals surface area (Å²) < 4.78 is 32.1. The Bertz CT molecular complexity index is 1010. The summed E-state index contributed by atoms with van der Waals surface area (Å²) in [4.78, 5) is 27.7. The van der Waals surface area contributed by atoms with Crippen molar-refractivity contribution in [2.45, 2.75) is 0 Å². The number of nitrogens with zero attached hydrogens (tertiary/aromatic N) is 1. The van der Waals surface area contributed by atoms with Gasteiger partial charge in [0, 0.05) is 11.3 Å². The molecule has 2 aromatic carbocycles. The van der Waals surface area contributed by atoms with Crippen LogP contribution in [-0.4, -0.2) is 16.8 Å². The van der Waals surface area contributed by atoms with Crippen LogP contribution in [-0.2, 0) is 4.79 Å². The van der Waals surface area contributed by atoms with Gasteiger partial charge in [-0.1, -0.05) is 6.58 Å². The lowest BCUT2D eigenvalue weighted by Gasteiger charge is -2.09. The molecule has 1 heterocycles. The Hall–Kier alpha value is -3.81. The first-order chi connectivity index (χ1) is 13.0. The highest BCUT2D eigenvalue weighted by molar-refractivity contribution is 6.07. The number of amides is 2. The fourth-order valence-corrected chi connectivity index (χ4v) is 2.29. The number of carbonyl (C=O) groups excluding carboxylic acids is 2. The number of anilines is 2. The maximum atomic E-state index is 13.8. The van der Waals surface area contributed by atoms with Gasteiger partial charge in [0.05, 0.1) is 5.69 Å². The van der Waals surface area contributed by atoms with Crippen LogP contribution in [0.15, 0.2) is 65.9 Å². The van der Waals surface area contributed by atoms with E-state index < -0.39 is 23.4 Å². The molecule has 0 saturated heterocycles. The van der Waals surface area contributed by atoms with Crippen molar-refractivity contribution in [3.05, 3.63) is 78.8 Å². The predicted molar refractivity (Wildman–Crippen MR) is 95.1 cm³/mol. The first kappa shape index (κ1) is 18.0. The SMILES string of the molecule is C=CC(=O)Nc1cc(NC(=O)c2ncoc2-c2ccc(F)cc2)ccc1F. The number of aromatic nitrogens is 1. The van der Waals surface area contributed by atoms with Crippen molar-refractivity contribution in [2.75, 3.05) is 10.6 Å². The van der Waals surface area contributed by atoms with E-state index >= 15 is 0 Å². The zero-order valence-electron chi connectivity index (χ0n) is 13.8. The van der Waals surface area contributed by atoms with Crippen molar-refractivity contribution in [2.24, 2.45) is 0 Å². The molecular formula is C19H13F2N3O3. The summed E-state index contributed by atoms with van der Waals surface area (Å²) in [6.45, 7) is 3.29. The summed E-state index contributed by atoms with van der Waals surface area (Å²) >= 11 is 0. The highest BCUT2D eigenvalue weighted by Crippen LogP contribution is 2.25. The second-order valence-electron chi connectivity index (χ2n) is 5.38. The number of carbonyl (C=O) groups is 2. The van der Waals surface area contributed by atoms with Crippen LogP contribution in [0.2, 0.25) is 0 Å². The average Bonchev–Trinajstić information content (AvgIpc) is 3.15. The number of halogens is 2. The summed E-state index contributed by atoms with van der Waals surface area (Å²) in [7, 11) is 0. The summed E-state index contributed by atoms with van der Waals surface area (Å²) in [5, 5.41) is 4.84. The monoisotopic (exact) mass is 369 g/mol. The van der Waals surface area contributed by atoms with E-state index in [9.17, 15) is 18.4 Å². The summed E-state index contributed by atoms with van der Waals surface area (Å²) in [5.74, 6) is -2.14. The quantitative estimate of drug-likeness (QED) is 0.666. The zero-order valence-corrected chi connectivity index (χ0v) is 13.8. The van der Waals surface area contributed by atoms with Gasteiger partial charge in [-0.15, -0.1) is 0 Å². The molecule has 0 aliphatic heterocycles. The molecule has 8 heteroatoms. The van der Waals surface area contributed by atoms with E-state index in [0.717, 1.165) is 18.5 Å². The molecule has 0 aliphatic carbocycles. The van der Waals surface area contributed by atoms with Crippen LogP contribution in [0.25, 0.3) is 11.3 Å². The Labute approximate surface area is 152 Å². The van der Waals surface area contributed by atoms with E-state index in [-0.39, 0.29) is 22.8 Å². The predicted octanol–water partition coefficient (Wildman–Crippen LogP) is 4.00. The molecule has 3 rings (SSSR count). The van der Waals surface area contributed by atoms with E-state index in [1.165, 1.54) is 36.4 Å². The smallest absolute Gasteiger partial charge is 0.278 e. The Morgan fingerprint density at radius 2 is 1.81 bits per heavy atom. The van der Waals surface area contributed by atoms with Crippen LogP contribution in [0.4, 0.5) is 20.2 Å². The lowest BCUT2D eigenvalue weighted by Crippen LogP contribution is -2.14. The largest absolute Gasteiger partial charge is 0.443 e. The summed E-state index contributed by atoms with van der Waals surface area (Å²) in [5.41, 5.74) is 0.560. The van der Waals surface area contributed by atoms with Gasteiger partial charge in [0.1, 0.15) is 11.6 Å². The van der Waals surface area contributed by atoms with Crippen molar-refractivity contribution in [1.82, 2.24) is 4.98 Å². The van der Waals surface area contributed by atoms with Crippen molar-refractivity contribution >= 4 is 23.2 Å². The number of nitrogens with one attached hydrogen (secondary N) is 2. The molecule has 0 radical (unpaired) electrons. The molecule has 0 saturated carbocycles. The fraction of sp³-hybridized carbons (Fsp3) is 0. The lowest BCUT2D eigenvalue weighted by molar-refractivity contribution is -0.111. The normalized spacial score (nSPS) is 10.3. The first-order valence-electron chi connectivity index (χ1n) is 7.71. The molecular weight excluding hydrogens is 356 g/mol. The highest BCUT2D eigenvalue weighted by Gasteiger charge is 2.19. The van der Waals surface area contributed by atoms with E-state index in [0.29, 0.717) is 5.56 Å². The van der Waals surface area contributed by atoms with Gasteiger partial charge in [0.2, 0.25) is 5.91 Å². The van der Waals surface area contributed by atoms with Crippen molar-refractivity contribution in [1.29, 1.82) is 0 Å². The molecule has 0 bridgehead atoms. The summed E-state index contributed by atoms with van der Waals surface area (Å²) in [6.07, 6.45) is 2.09. The second-order valence-corrected chi connectivity index (χ2v) is 5.38. The third-order valence-corrected chi connectivity index (χ3v) is 3.56. The minimum absolute atomic E-state index is 0.0254. The van der Waals surface area contributed by atoms with Gasteiger partial charge in [0.15, 0.2) is 17.8 Å². The van der Waals surface area contributed by atoms with Crippen LogP contribution < -0.4 is 10.6 Å². The third kappa shape index (κ3) is 4.06. The highest BCUT2D eigenvalue weighted by atomic mass is 19.1. The summed E-state index contributed by atoms with van der Waals surface area (Å²) in [6, 6.07) is 9.04. The van der Waals surface area contributed by atoms with Gasteiger partial charge >= 0.3 is 0 Å². The van der Waals surface area contributed by atoms with Crippen LogP contribution in [0.3, 0.4) is 0 Å². The minimum Gasteiger partial charge on any atom is -0.443 e. The van der Waals surface area contributed by atoms with Crippen molar-refractivity contribution < 1.29 is 22.8 Å². The van der Waals surface area contributed by atoms with Gasteiger partial charge in [0.25, 0.3) is 5.91 Å². The number of benzene rings is 2. The zero-order chi connectivity index (χ0) is 19.4. The third-order valence-electron chi connectivity index (χ3n) is 3.56. The van der Waals surface area contributed by atoms with Gasteiger partial charge in [-0.05, 0) is 48.5 Å². The number of rotatable bonds is 5. The van der Waals surface area contributed by atoms with Gasteiger partial charge < -0.3 is 15.1 Å². The van der Waals surface area contributed by atoms with E-state index in [1.54, 1.807) is 0 Å². The first-order valence-corrected chi connectivity index (χ1v) is 7.71. The Balaban J connectivity index is 1.83. The van der Waals surface area contributed by atoms with Gasteiger partial charge in [-0.3, -0.25) is 9.59 Å². The van der Waals surface area contributed by atoms with E-state index in [2.05, 4.69) is 22.2 Å². The topological polar surface area (TPSA) is 84.2 Å². The van der Waals surface area contributed by atoms with Crippen LogP contribution in [0, 0.1) is 11.6 Å². The Morgan fingerprint density at radius 3 is 2.52 bits per heavy atom. The molecule has 27 heavy (non-hydrogen) atoms. The molecule has 136 valence electrons. The molecule has 0 aliphatic rings. The molecule has 2 N–H and O–H groups in total. The van der Waals surface area contributed by atoms with E-state index in [1.807, 2.05) is 0 Å². The molecule has 6 nitrogen and oxygen atoms in total. The molecule has 0 unspecified atom stereocenters. The minimum atomic E-state index is -0.670. The molecule has 0 fully saturated rings. The van der Waals surface area contributed by atoms with E-state index in [4.69, 9.17) is 4.42 Å². The standard InChI is InChI=1S/C19H13F2N3O3/c1-2-16(25)24-15-9-13(7-8-14(15)21)23-19(26)17-18(27-10-22-17)11-3-5-12(20)6-4-11/h2-10H,1H2,(H,23,26)(H,24,25). The van der Waals surface area contributed by atoms with Crippen LogP contribution >= 0.6 is 0 Å². The fourth-order valence-electron chi connectivity index (χ4n) is 2.29. The molecule has 0 spiro atoms. The van der Waals surface area contributed by atoms with Gasteiger partial charge in [-0.2, -0.15) is 0 Å². The lowest BCUT2D eigenvalue weighted by atomic mass is 10.1. The Kier molecular flexibility index (Phi) is 5.07. The van der Waals surface area contributed by atoms with Gasteiger partial charge in [-0.25, -0.2) is 13.8 Å². The van der Waals surface area contributed by atoms with Crippen LogP contribution in [0.5, 0.6) is 0 Å². The number of hydrogen-bond acceptors (Lipinski definition) is 4. The molecule has 1 aromatic heterocycles. The molecule has 3 aromatic rings. The van der Waals surface area contributed by atoms with Crippen LogP contribution in [0.1, 0.15) is 10.5 Å². The number of oxazole rings is 1.